The van der Waals surface area contributed by atoms with Crippen LogP contribution in [0.25, 0.3) is 0 Å². The van der Waals surface area contributed by atoms with Crippen molar-refractivity contribution < 1.29 is 23.7 Å². The van der Waals surface area contributed by atoms with Gasteiger partial charge in [0.15, 0.2) is 6.29 Å². The number of carbonyl (C=O) groups excluding carboxylic acids is 1. The Kier molecular flexibility index (Phi) is 7.29. The van der Waals surface area contributed by atoms with Gasteiger partial charge in [-0.1, -0.05) is 12.1 Å². The summed E-state index contributed by atoms with van der Waals surface area (Å²) in [6.45, 7) is 4.74. The summed E-state index contributed by atoms with van der Waals surface area (Å²) in [5.41, 5.74) is 0.961. The van der Waals surface area contributed by atoms with Gasteiger partial charge in [-0.25, -0.2) is 0 Å². The number of likely N-dealkylation sites (tertiary alicyclic amines) is 1. The zero-order valence-corrected chi connectivity index (χ0v) is 15.5. The summed E-state index contributed by atoms with van der Waals surface area (Å²) >= 11 is 0. The van der Waals surface area contributed by atoms with Crippen LogP contribution in [-0.2, 0) is 19.0 Å². The Bertz CT molecular complexity index is 548. The van der Waals surface area contributed by atoms with Crippen LogP contribution in [0.4, 0.5) is 0 Å². The smallest absolute Gasteiger partial charge is 0.305 e. The Hall–Kier alpha value is -1.63. The zero-order chi connectivity index (χ0) is 18.2. The van der Waals surface area contributed by atoms with Crippen LogP contribution in [0.2, 0.25) is 0 Å². The molecule has 3 rings (SSSR count). The van der Waals surface area contributed by atoms with Gasteiger partial charge in [0, 0.05) is 17.9 Å². The van der Waals surface area contributed by atoms with Crippen LogP contribution in [0.5, 0.6) is 5.75 Å². The predicted molar refractivity (Wildman–Crippen MR) is 97.0 cm³/mol. The van der Waals surface area contributed by atoms with E-state index in [0.717, 1.165) is 24.3 Å². The van der Waals surface area contributed by atoms with Gasteiger partial charge in [0.2, 0.25) is 0 Å². The van der Waals surface area contributed by atoms with Gasteiger partial charge in [0.05, 0.1) is 26.9 Å². The van der Waals surface area contributed by atoms with Crippen molar-refractivity contribution in [3.63, 3.8) is 0 Å². The minimum Gasteiger partial charge on any atom is -0.497 e. The average molecular weight is 363 g/mol. The second kappa shape index (κ2) is 9.90. The summed E-state index contributed by atoms with van der Waals surface area (Å²) in [6, 6.07) is 7.64. The average Bonchev–Trinajstić information content (AvgIpc) is 3.20. The minimum atomic E-state index is -0.367. The molecular weight excluding hydrogens is 334 g/mol. The van der Waals surface area contributed by atoms with E-state index in [0.29, 0.717) is 26.2 Å². The number of nitrogens with zero attached hydrogens (tertiary/aromatic N) is 1. The molecular formula is C20H29NO5. The Morgan fingerprint density at radius 3 is 2.50 bits per heavy atom. The van der Waals surface area contributed by atoms with Crippen molar-refractivity contribution in [1.82, 2.24) is 4.90 Å². The molecule has 2 heterocycles. The summed E-state index contributed by atoms with van der Waals surface area (Å²) in [7, 11) is 1.64. The first-order valence-electron chi connectivity index (χ1n) is 9.50. The molecule has 0 aromatic heterocycles. The van der Waals surface area contributed by atoms with Gasteiger partial charge < -0.3 is 23.8 Å². The molecule has 2 fully saturated rings. The number of ether oxygens (including phenoxy) is 4. The fraction of sp³-hybridized carbons (Fsp3) is 0.650. The first-order valence-corrected chi connectivity index (χ1v) is 9.50. The quantitative estimate of drug-likeness (QED) is 0.662. The molecule has 0 saturated carbocycles. The van der Waals surface area contributed by atoms with E-state index < -0.39 is 0 Å². The Labute approximate surface area is 155 Å². The van der Waals surface area contributed by atoms with E-state index in [1.54, 1.807) is 7.11 Å². The van der Waals surface area contributed by atoms with E-state index in [2.05, 4.69) is 4.90 Å². The topological polar surface area (TPSA) is 57.2 Å². The highest BCUT2D eigenvalue weighted by Crippen LogP contribution is 2.26. The Morgan fingerprint density at radius 2 is 1.85 bits per heavy atom. The standard InChI is InChI=1S/C20H29NO5/c1-23-18-8-6-17(7-9-18)20-25-14-16(15-26-20)13-24-19(22)5-4-12-21-10-2-3-11-21/h6-9,16,20H,2-5,10-15H2,1H3. The van der Waals surface area contributed by atoms with E-state index in [-0.39, 0.29) is 18.2 Å². The molecule has 144 valence electrons. The number of esters is 1. The molecule has 0 aliphatic carbocycles. The summed E-state index contributed by atoms with van der Waals surface area (Å²) in [6.07, 6.45) is 3.55. The molecule has 26 heavy (non-hydrogen) atoms. The van der Waals surface area contributed by atoms with E-state index in [1.165, 1.54) is 25.9 Å². The maximum atomic E-state index is 11.9. The molecule has 0 N–H and O–H groups in total. The van der Waals surface area contributed by atoms with E-state index >= 15 is 0 Å². The van der Waals surface area contributed by atoms with Crippen LogP contribution in [0.1, 0.15) is 37.5 Å². The molecule has 1 aromatic rings. The number of hydrogen-bond acceptors (Lipinski definition) is 6. The Morgan fingerprint density at radius 1 is 1.15 bits per heavy atom. The van der Waals surface area contributed by atoms with Crippen LogP contribution >= 0.6 is 0 Å². The van der Waals surface area contributed by atoms with E-state index in [1.807, 2.05) is 24.3 Å². The van der Waals surface area contributed by atoms with Crippen molar-refractivity contribution in [2.45, 2.75) is 32.0 Å². The summed E-state index contributed by atoms with van der Waals surface area (Å²) in [5.74, 6) is 0.771. The summed E-state index contributed by atoms with van der Waals surface area (Å²) < 4.78 is 22.1. The number of rotatable bonds is 8. The maximum Gasteiger partial charge on any atom is 0.305 e. The van der Waals surface area contributed by atoms with Gasteiger partial charge in [-0.2, -0.15) is 0 Å². The fourth-order valence-corrected chi connectivity index (χ4v) is 3.33. The third-order valence-electron chi connectivity index (χ3n) is 4.89. The lowest BCUT2D eigenvalue weighted by Crippen LogP contribution is -2.31. The lowest BCUT2D eigenvalue weighted by atomic mass is 10.1. The molecule has 0 bridgehead atoms. The Balaban J connectivity index is 1.30. The van der Waals surface area contributed by atoms with Crippen molar-refractivity contribution in [2.75, 3.05) is 46.6 Å². The highest BCUT2D eigenvalue weighted by atomic mass is 16.7. The summed E-state index contributed by atoms with van der Waals surface area (Å²) in [4.78, 5) is 14.3. The maximum absolute atomic E-state index is 11.9. The van der Waals surface area contributed by atoms with Crippen molar-refractivity contribution >= 4 is 5.97 Å². The highest BCUT2D eigenvalue weighted by Gasteiger charge is 2.24. The van der Waals surface area contributed by atoms with Crippen LogP contribution in [-0.4, -0.2) is 57.4 Å². The zero-order valence-electron chi connectivity index (χ0n) is 15.5. The largest absolute Gasteiger partial charge is 0.497 e. The molecule has 2 saturated heterocycles. The molecule has 1 aromatic carbocycles. The number of methoxy groups -OCH3 is 1. The van der Waals surface area contributed by atoms with Crippen LogP contribution in [0.3, 0.4) is 0 Å². The second-order valence-corrected chi connectivity index (χ2v) is 6.97. The molecule has 2 aliphatic heterocycles. The highest BCUT2D eigenvalue weighted by molar-refractivity contribution is 5.69. The fourth-order valence-electron chi connectivity index (χ4n) is 3.33. The van der Waals surface area contributed by atoms with Gasteiger partial charge in [0.1, 0.15) is 5.75 Å². The van der Waals surface area contributed by atoms with E-state index in [9.17, 15) is 4.79 Å². The lowest BCUT2D eigenvalue weighted by Gasteiger charge is -2.29. The van der Waals surface area contributed by atoms with Crippen molar-refractivity contribution in [3.05, 3.63) is 29.8 Å². The molecule has 0 atom stereocenters. The van der Waals surface area contributed by atoms with Crippen LogP contribution in [0.15, 0.2) is 24.3 Å². The van der Waals surface area contributed by atoms with E-state index in [4.69, 9.17) is 18.9 Å². The van der Waals surface area contributed by atoms with Crippen molar-refractivity contribution in [1.29, 1.82) is 0 Å². The first-order chi connectivity index (χ1) is 12.7. The third-order valence-corrected chi connectivity index (χ3v) is 4.89. The predicted octanol–water partition coefficient (Wildman–Crippen LogP) is 2.78. The lowest BCUT2D eigenvalue weighted by molar-refractivity contribution is -0.212. The molecule has 0 unspecified atom stereocenters. The van der Waals surface area contributed by atoms with Gasteiger partial charge >= 0.3 is 5.97 Å². The monoisotopic (exact) mass is 363 g/mol. The molecule has 6 nitrogen and oxygen atoms in total. The molecule has 2 aliphatic rings. The van der Waals surface area contributed by atoms with Crippen molar-refractivity contribution in [3.8, 4) is 5.75 Å². The molecule has 0 amide bonds. The first kappa shape index (κ1) is 19.1. The third kappa shape index (κ3) is 5.69. The van der Waals surface area contributed by atoms with Crippen LogP contribution < -0.4 is 4.74 Å². The van der Waals surface area contributed by atoms with Crippen molar-refractivity contribution in [2.24, 2.45) is 5.92 Å². The van der Waals surface area contributed by atoms with Gasteiger partial charge in [-0.05, 0) is 51.0 Å². The minimum absolute atomic E-state index is 0.0898. The normalized spacial score (nSPS) is 23.7. The molecule has 6 heteroatoms. The number of hydrogen-bond donors (Lipinski definition) is 0. The SMILES string of the molecule is COc1ccc(C2OCC(COC(=O)CCCN3CCCC3)CO2)cc1. The second-order valence-electron chi connectivity index (χ2n) is 6.97. The molecule has 0 spiro atoms. The number of benzene rings is 1. The van der Waals surface area contributed by atoms with Gasteiger partial charge in [0.25, 0.3) is 0 Å². The van der Waals surface area contributed by atoms with Crippen LogP contribution in [0, 0.1) is 5.92 Å². The number of carbonyl (C=O) groups is 1. The van der Waals surface area contributed by atoms with Gasteiger partial charge in [-0.3, -0.25) is 4.79 Å². The summed E-state index contributed by atoms with van der Waals surface area (Å²) in [5, 5.41) is 0. The van der Waals surface area contributed by atoms with Gasteiger partial charge in [-0.15, -0.1) is 0 Å². The molecule has 0 radical (unpaired) electrons.